The molecule has 6 nitrogen and oxygen atoms in total. The standard InChI is InChI=1S/C15H26N2O4/c1-19-10-7-16-6-3-14-13(11-16)12(4-9-20-14)15(18)17-5-2-8-21-17/h12-14H,2-11H2,1H3/t12-,13-,14-/m1/s1. The normalized spacial score (nSPS) is 34.0. The fourth-order valence-corrected chi connectivity index (χ4v) is 3.72. The van der Waals surface area contributed by atoms with Crippen LogP contribution in [-0.2, 0) is 19.1 Å². The van der Waals surface area contributed by atoms with Crippen LogP contribution in [0.1, 0.15) is 19.3 Å². The molecule has 0 aliphatic carbocycles. The zero-order chi connectivity index (χ0) is 14.7. The van der Waals surface area contributed by atoms with E-state index in [1.807, 2.05) is 0 Å². The maximum absolute atomic E-state index is 12.7. The van der Waals surface area contributed by atoms with Gasteiger partial charge in [-0.1, -0.05) is 0 Å². The molecule has 21 heavy (non-hydrogen) atoms. The second-order valence-electron chi connectivity index (χ2n) is 6.18. The molecule has 0 saturated carbocycles. The summed E-state index contributed by atoms with van der Waals surface area (Å²) < 4.78 is 11.1. The molecule has 0 aromatic rings. The first-order valence-corrected chi connectivity index (χ1v) is 8.07. The van der Waals surface area contributed by atoms with Crippen molar-refractivity contribution in [3.63, 3.8) is 0 Å². The van der Waals surface area contributed by atoms with Crippen molar-refractivity contribution in [1.82, 2.24) is 9.96 Å². The number of likely N-dealkylation sites (tertiary alicyclic amines) is 1. The minimum absolute atomic E-state index is 0.0483. The molecule has 1 amide bonds. The molecule has 0 radical (unpaired) electrons. The van der Waals surface area contributed by atoms with Gasteiger partial charge in [0.1, 0.15) is 0 Å². The molecular formula is C15H26N2O4. The Morgan fingerprint density at radius 3 is 2.95 bits per heavy atom. The summed E-state index contributed by atoms with van der Waals surface area (Å²) >= 11 is 0. The lowest BCUT2D eigenvalue weighted by Crippen LogP contribution is -2.54. The Balaban J connectivity index is 1.63. The maximum atomic E-state index is 12.7. The number of hydroxylamine groups is 2. The molecule has 0 aromatic heterocycles. The van der Waals surface area contributed by atoms with E-state index in [0.29, 0.717) is 19.1 Å². The van der Waals surface area contributed by atoms with Crippen molar-refractivity contribution in [3.8, 4) is 0 Å². The lowest BCUT2D eigenvalue weighted by molar-refractivity contribution is -0.185. The van der Waals surface area contributed by atoms with Crippen molar-refractivity contribution in [3.05, 3.63) is 0 Å². The Kier molecular flexibility index (Phi) is 5.11. The number of carbonyl (C=O) groups is 1. The van der Waals surface area contributed by atoms with Gasteiger partial charge in [0.2, 0.25) is 5.91 Å². The summed E-state index contributed by atoms with van der Waals surface area (Å²) in [6.07, 6.45) is 3.01. The van der Waals surface area contributed by atoms with E-state index in [-0.39, 0.29) is 17.9 Å². The molecular weight excluding hydrogens is 272 g/mol. The second kappa shape index (κ2) is 7.05. The smallest absolute Gasteiger partial charge is 0.249 e. The van der Waals surface area contributed by atoms with Crippen molar-refractivity contribution >= 4 is 5.91 Å². The Bertz CT molecular complexity index is 360. The quantitative estimate of drug-likeness (QED) is 0.757. The molecule has 0 bridgehead atoms. The number of fused-ring (bicyclic) bond motifs is 1. The Morgan fingerprint density at radius 2 is 2.19 bits per heavy atom. The van der Waals surface area contributed by atoms with Crippen LogP contribution in [0, 0.1) is 11.8 Å². The van der Waals surface area contributed by atoms with E-state index < -0.39 is 0 Å². The van der Waals surface area contributed by atoms with Crippen LogP contribution in [0.15, 0.2) is 0 Å². The molecule has 3 atom stereocenters. The molecule has 3 saturated heterocycles. The average Bonchev–Trinajstić information content (AvgIpc) is 3.06. The summed E-state index contributed by atoms with van der Waals surface area (Å²) in [6.45, 7) is 5.74. The van der Waals surface area contributed by atoms with Gasteiger partial charge in [-0.25, -0.2) is 5.06 Å². The third-order valence-electron chi connectivity index (χ3n) is 4.88. The lowest BCUT2D eigenvalue weighted by Gasteiger charge is -2.45. The molecule has 0 aromatic carbocycles. The van der Waals surface area contributed by atoms with Gasteiger partial charge in [0, 0.05) is 45.2 Å². The third-order valence-corrected chi connectivity index (χ3v) is 4.88. The largest absolute Gasteiger partial charge is 0.383 e. The topological polar surface area (TPSA) is 51.2 Å². The zero-order valence-electron chi connectivity index (χ0n) is 12.8. The summed E-state index contributed by atoms with van der Waals surface area (Å²) in [5, 5.41) is 1.58. The monoisotopic (exact) mass is 298 g/mol. The van der Waals surface area contributed by atoms with Crippen LogP contribution in [0.5, 0.6) is 0 Å². The molecule has 0 spiro atoms. The van der Waals surface area contributed by atoms with Gasteiger partial charge in [-0.15, -0.1) is 0 Å². The van der Waals surface area contributed by atoms with Crippen molar-refractivity contribution < 1.29 is 19.1 Å². The van der Waals surface area contributed by atoms with Gasteiger partial charge in [-0.3, -0.25) is 9.63 Å². The second-order valence-corrected chi connectivity index (χ2v) is 6.18. The van der Waals surface area contributed by atoms with E-state index in [4.69, 9.17) is 14.3 Å². The predicted octanol–water partition coefficient (Wildman–Crippen LogP) is 0.524. The Hall–Kier alpha value is -0.690. The van der Waals surface area contributed by atoms with E-state index in [1.54, 1.807) is 12.2 Å². The highest BCUT2D eigenvalue weighted by atomic mass is 16.7. The average molecular weight is 298 g/mol. The van der Waals surface area contributed by atoms with Crippen LogP contribution >= 0.6 is 0 Å². The van der Waals surface area contributed by atoms with Gasteiger partial charge < -0.3 is 14.4 Å². The van der Waals surface area contributed by atoms with Crippen LogP contribution < -0.4 is 0 Å². The van der Waals surface area contributed by atoms with Crippen LogP contribution in [0.4, 0.5) is 0 Å². The van der Waals surface area contributed by atoms with Gasteiger partial charge >= 0.3 is 0 Å². The third kappa shape index (κ3) is 3.39. The SMILES string of the molecule is COCCN1CC[C@H]2OCC[C@@H](C(=O)N3CCCO3)[C@H]2C1. The number of carbonyl (C=O) groups excluding carboxylic acids is 1. The van der Waals surface area contributed by atoms with E-state index >= 15 is 0 Å². The molecule has 3 aliphatic heterocycles. The summed E-state index contributed by atoms with van der Waals surface area (Å²) in [5.41, 5.74) is 0. The van der Waals surface area contributed by atoms with E-state index in [9.17, 15) is 4.79 Å². The summed E-state index contributed by atoms with van der Waals surface area (Å²) in [5.74, 6) is 0.507. The van der Waals surface area contributed by atoms with Crippen molar-refractivity contribution in [1.29, 1.82) is 0 Å². The number of nitrogens with zero attached hydrogens (tertiary/aromatic N) is 2. The van der Waals surface area contributed by atoms with Gasteiger partial charge in [-0.2, -0.15) is 0 Å². The molecule has 120 valence electrons. The van der Waals surface area contributed by atoms with Gasteiger partial charge in [0.25, 0.3) is 0 Å². The maximum Gasteiger partial charge on any atom is 0.249 e. The predicted molar refractivity (Wildman–Crippen MR) is 76.6 cm³/mol. The number of hydrogen-bond acceptors (Lipinski definition) is 5. The first-order chi connectivity index (χ1) is 10.3. The molecule has 3 rings (SSSR count). The summed E-state index contributed by atoms with van der Waals surface area (Å²) in [6, 6.07) is 0. The van der Waals surface area contributed by atoms with Crippen molar-refractivity contribution in [2.45, 2.75) is 25.4 Å². The highest BCUT2D eigenvalue weighted by Crippen LogP contribution is 2.34. The highest BCUT2D eigenvalue weighted by molar-refractivity contribution is 5.78. The number of ether oxygens (including phenoxy) is 2. The van der Waals surface area contributed by atoms with Crippen molar-refractivity contribution in [2.75, 3.05) is 53.1 Å². The van der Waals surface area contributed by atoms with Gasteiger partial charge in [0.05, 0.1) is 25.9 Å². The van der Waals surface area contributed by atoms with Crippen LogP contribution in [0.2, 0.25) is 0 Å². The number of hydrogen-bond donors (Lipinski definition) is 0. The number of methoxy groups -OCH3 is 1. The number of rotatable bonds is 4. The molecule has 0 unspecified atom stereocenters. The molecule has 6 heteroatoms. The van der Waals surface area contributed by atoms with E-state index in [1.165, 1.54) is 0 Å². The molecule has 3 heterocycles. The van der Waals surface area contributed by atoms with Crippen molar-refractivity contribution in [2.24, 2.45) is 11.8 Å². The number of piperidine rings is 1. The van der Waals surface area contributed by atoms with Crippen LogP contribution in [0.25, 0.3) is 0 Å². The molecule has 0 N–H and O–H groups in total. The fourth-order valence-electron chi connectivity index (χ4n) is 3.72. The van der Waals surface area contributed by atoms with Gasteiger partial charge in [-0.05, 0) is 19.3 Å². The minimum Gasteiger partial charge on any atom is -0.383 e. The minimum atomic E-state index is 0.0483. The van der Waals surface area contributed by atoms with Gasteiger partial charge in [0.15, 0.2) is 0 Å². The van der Waals surface area contributed by atoms with Crippen LogP contribution in [0.3, 0.4) is 0 Å². The Labute approximate surface area is 126 Å². The van der Waals surface area contributed by atoms with E-state index in [0.717, 1.165) is 52.0 Å². The Morgan fingerprint density at radius 1 is 1.29 bits per heavy atom. The first-order valence-electron chi connectivity index (χ1n) is 8.07. The summed E-state index contributed by atoms with van der Waals surface area (Å²) in [7, 11) is 1.73. The molecule has 3 fully saturated rings. The zero-order valence-corrected chi connectivity index (χ0v) is 12.8. The lowest BCUT2D eigenvalue weighted by atomic mass is 9.79. The number of amides is 1. The molecule has 3 aliphatic rings. The fraction of sp³-hybridized carbons (Fsp3) is 0.933. The van der Waals surface area contributed by atoms with E-state index in [2.05, 4.69) is 4.90 Å². The summed E-state index contributed by atoms with van der Waals surface area (Å²) in [4.78, 5) is 20.5. The highest BCUT2D eigenvalue weighted by Gasteiger charge is 2.43. The van der Waals surface area contributed by atoms with Crippen LogP contribution in [-0.4, -0.2) is 75.1 Å². The first kappa shape index (κ1) is 15.2.